The number of rotatable bonds is 8. The van der Waals surface area contributed by atoms with Gasteiger partial charge in [-0.05, 0) is 72.2 Å². The number of para-hydroxylation sites is 1. The van der Waals surface area contributed by atoms with Gasteiger partial charge in [0.2, 0.25) is 4.96 Å². The van der Waals surface area contributed by atoms with Gasteiger partial charge in [0, 0.05) is 17.3 Å². The average molecular weight is 564 g/mol. The Balaban J connectivity index is 1.36. The van der Waals surface area contributed by atoms with E-state index in [0.29, 0.717) is 27.8 Å². The largest absolute Gasteiger partial charge is 0.493 e. The number of hydrogen-bond donors (Lipinski definition) is 0. The molecule has 0 spiro atoms. The zero-order chi connectivity index (χ0) is 28.3. The van der Waals surface area contributed by atoms with Crippen molar-refractivity contribution in [1.29, 1.82) is 0 Å². The number of ether oxygens (including phenoxy) is 1. The molecule has 6 rings (SSSR count). The van der Waals surface area contributed by atoms with Gasteiger partial charge < -0.3 is 4.74 Å². The van der Waals surface area contributed by atoms with Crippen molar-refractivity contribution >= 4 is 34.5 Å². The highest BCUT2D eigenvalue weighted by Gasteiger charge is 2.14. The van der Waals surface area contributed by atoms with E-state index in [1.807, 2.05) is 71.6 Å². The molecular formula is C32H26FN5O2S. The maximum atomic E-state index is 13.3. The molecule has 6 aromatic rings. The fourth-order valence-electron chi connectivity index (χ4n) is 4.21. The van der Waals surface area contributed by atoms with Crippen LogP contribution < -0.4 is 14.8 Å². The highest BCUT2D eigenvalue weighted by Crippen LogP contribution is 2.27. The van der Waals surface area contributed by atoms with Crippen LogP contribution in [0, 0.1) is 11.7 Å². The van der Waals surface area contributed by atoms with Gasteiger partial charge in [-0.15, -0.1) is 5.10 Å². The molecule has 9 heteroatoms. The molecular weight excluding hydrogens is 537 g/mol. The Kier molecular flexibility index (Phi) is 7.26. The van der Waals surface area contributed by atoms with E-state index >= 15 is 0 Å². The number of fused-ring (bicyclic) bond motifs is 1. The number of benzene rings is 3. The third-order valence-electron chi connectivity index (χ3n) is 6.25. The minimum Gasteiger partial charge on any atom is -0.493 e. The number of thiazole rings is 1. The van der Waals surface area contributed by atoms with Crippen molar-refractivity contribution in [3.63, 3.8) is 0 Å². The lowest BCUT2D eigenvalue weighted by molar-refractivity contribution is 0.271. The second-order valence-electron chi connectivity index (χ2n) is 9.91. The molecule has 3 aromatic carbocycles. The minimum atomic E-state index is -0.298. The van der Waals surface area contributed by atoms with Crippen LogP contribution in [0.4, 0.5) is 4.39 Å². The molecule has 0 saturated carbocycles. The molecule has 0 fully saturated rings. The van der Waals surface area contributed by atoms with Crippen LogP contribution in [0.5, 0.6) is 5.75 Å². The van der Waals surface area contributed by atoms with E-state index in [-0.39, 0.29) is 11.4 Å². The molecule has 0 saturated heterocycles. The van der Waals surface area contributed by atoms with Crippen LogP contribution in [0.3, 0.4) is 0 Å². The molecule has 7 nitrogen and oxygen atoms in total. The van der Waals surface area contributed by atoms with E-state index in [4.69, 9.17) is 9.84 Å². The van der Waals surface area contributed by atoms with Gasteiger partial charge in [-0.1, -0.05) is 61.6 Å². The third-order valence-corrected chi connectivity index (χ3v) is 7.21. The highest BCUT2D eigenvalue weighted by molar-refractivity contribution is 7.15. The minimum absolute atomic E-state index is 0.255. The van der Waals surface area contributed by atoms with Crippen LogP contribution >= 0.6 is 11.3 Å². The Bertz CT molecular complexity index is 1940. The van der Waals surface area contributed by atoms with E-state index in [0.717, 1.165) is 33.8 Å². The Morgan fingerprint density at radius 1 is 0.951 bits per heavy atom. The van der Waals surface area contributed by atoms with Gasteiger partial charge in [0.05, 0.1) is 16.8 Å². The van der Waals surface area contributed by atoms with E-state index in [2.05, 4.69) is 23.9 Å². The highest BCUT2D eigenvalue weighted by atomic mass is 32.1. The molecule has 0 amide bonds. The lowest BCUT2D eigenvalue weighted by Crippen LogP contribution is -2.23. The predicted octanol–water partition coefficient (Wildman–Crippen LogP) is 5.90. The maximum absolute atomic E-state index is 13.3. The van der Waals surface area contributed by atoms with Gasteiger partial charge >= 0.3 is 0 Å². The van der Waals surface area contributed by atoms with Gasteiger partial charge in [-0.2, -0.15) is 14.6 Å². The second-order valence-corrected chi connectivity index (χ2v) is 10.9. The summed E-state index contributed by atoms with van der Waals surface area (Å²) in [5.74, 6) is 1.34. The molecule has 0 unspecified atom stereocenters. The molecule has 0 N–H and O–H groups in total. The van der Waals surface area contributed by atoms with Gasteiger partial charge in [0.15, 0.2) is 5.82 Å². The lowest BCUT2D eigenvalue weighted by atomic mass is 10.1. The van der Waals surface area contributed by atoms with Crippen LogP contribution in [-0.2, 0) is 0 Å². The van der Waals surface area contributed by atoms with E-state index in [1.54, 1.807) is 24.3 Å². The molecule has 0 atom stereocenters. The van der Waals surface area contributed by atoms with Crippen molar-refractivity contribution in [3.8, 4) is 22.7 Å². The van der Waals surface area contributed by atoms with Crippen LogP contribution in [0.2, 0.25) is 0 Å². The Labute approximate surface area is 239 Å². The van der Waals surface area contributed by atoms with Crippen LogP contribution in [0.15, 0.2) is 89.9 Å². The van der Waals surface area contributed by atoms with Gasteiger partial charge in [0.1, 0.15) is 17.3 Å². The standard InChI is InChI=1S/C32H26FN5O2S/c1-21(2)20-40-27-15-11-23(12-16-27)30-24(19-37(36-30)26-6-4-3-5-7-26)18-28-31(39)38-32(41-28)34-29(35-38)17-10-22-8-13-25(33)14-9-22/h3-19,21H,20H2,1-2H3/b17-10+,28-18-. The quantitative estimate of drug-likeness (QED) is 0.231. The van der Waals surface area contributed by atoms with Crippen molar-refractivity contribution in [3.05, 3.63) is 123 Å². The van der Waals surface area contributed by atoms with Gasteiger partial charge in [-0.25, -0.2) is 9.07 Å². The summed E-state index contributed by atoms with van der Waals surface area (Å²) in [6.45, 7) is 4.87. The monoisotopic (exact) mass is 563 g/mol. The predicted molar refractivity (Wildman–Crippen MR) is 161 cm³/mol. The molecule has 0 aliphatic heterocycles. The summed E-state index contributed by atoms with van der Waals surface area (Å²) < 4.78 is 22.6. The van der Waals surface area contributed by atoms with Crippen LogP contribution in [0.1, 0.15) is 30.8 Å². The topological polar surface area (TPSA) is 74.3 Å². The maximum Gasteiger partial charge on any atom is 0.291 e. The normalized spacial score (nSPS) is 12.2. The summed E-state index contributed by atoms with van der Waals surface area (Å²) in [7, 11) is 0. The van der Waals surface area contributed by atoms with E-state index < -0.39 is 0 Å². The summed E-state index contributed by atoms with van der Waals surface area (Å²) in [5.41, 5.74) is 3.90. The first-order chi connectivity index (χ1) is 19.9. The number of aromatic nitrogens is 5. The Morgan fingerprint density at radius 3 is 2.41 bits per heavy atom. The molecule has 204 valence electrons. The van der Waals surface area contributed by atoms with Gasteiger partial charge in [0.25, 0.3) is 5.56 Å². The molecule has 41 heavy (non-hydrogen) atoms. The molecule has 0 bridgehead atoms. The summed E-state index contributed by atoms with van der Waals surface area (Å²) in [4.78, 5) is 18.3. The smallest absolute Gasteiger partial charge is 0.291 e. The zero-order valence-corrected chi connectivity index (χ0v) is 23.3. The van der Waals surface area contributed by atoms with Crippen molar-refractivity contribution < 1.29 is 9.13 Å². The average Bonchev–Trinajstić information content (AvgIpc) is 3.67. The molecule has 0 aliphatic rings. The number of halogens is 1. The van der Waals surface area contributed by atoms with E-state index in [1.165, 1.54) is 28.0 Å². The molecule has 0 aliphatic carbocycles. The van der Waals surface area contributed by atoms with Crippen molar-refractivity contribution in [2.24, 2.45) is 5.92 Å². The molecule has 0 radical (unpaired) electrons. The molecule has 3 aromatic heterocycles. The fraction of sp³-hybridized carbons (Fsp3) is 0.125. The SMILES string of the molecule is CC(C)COc1ccc(-c2nn(-c3ccccc3)cc2/C=c2\sc3nc(/C=C/c4ccc(F)cc4)nn3c2=O)cc1. The van der Waals surface area contributed by atoms with Crippen molar-refractivity contribution in [2.75, 3.05) is 6.61 Å². The summed E-state index contributed by atoms with van der Waals surface area (Å²) >= 11 is 1.26. The Hall–Kier alpha value is -4.89. The van der Waals surface area contributed by atoms with Crippen LogP contribution in [0.25, 0.3) is 40.1 Å². The summed E-state index contributed by atoms with van der Waals surface area (Å²) in [6.07, 6.45) is 7.23. The second kappa shape index (κ2) is 11.3. The molecule has 3 heterocycles. The fourth-order valence-corrected chi connectivity index (χ4v) is 5.11. The van der Waals surface area contributed by atoms with Crippen molar-refractivity contribution in [1.82, 2.24) is 24.4 Å². The number of nitrogens with zero attached hydrogens (tertiary/aromatic N) is 5. The first-order valence-electron chi connectivity index (χ1n) is 13.2. The summed E-state index contributed by atoms with van der Waals surface area (Å²) in [5, 5.41) is 9.24. The van der Waals surface area contributed by atoms with Crippen molar-refractivity contribution in [2.45, 2.75) is 13.8 Å². The summed E-state index contributed by atoms with van der Waals surface area (Å²) in [6, 6.07) is 23.8. The lowest BCUT2D eigenvalue weighted by Gasteiger charge is -2.09. The first-order valence-corrected chi connectivity index (χ1v) is 14.0. The Morgan fingerprint density at radius 2 is 1.71 bits per heavy atom. The number of hydrogen-bond acceptors (Lipinski definition) is 6. The van der Waals surface area contributed by atoms with Crippen LogP contribution in [-0.4, -0.2) is 31.0 Å². The van der Waals surface area contributed by atoms with E-state index in [9.17, 15) is 9.18 Å². The third kappa shape index (κ3) is 5.85. The zero-order valence-electron chi connectivity index (χ0n) is 22.4. The van der Waals surface area contributed by atoms with Gasteiger partial charge in [-0.3, -0.25) is 4.79 Å². The first kappa shape index (κ1) is 26.3.